The molecule has 23 heavy (non-hydrogen) atoms. The Morgan fingerprint density at radius 1 is 0.739 bits per heavy atom. The van der Waals surface area contributed by atoms with Crippen molar-refractivity contribution < 1.29 is 45.6 Å². The van der Waals surface area contributed by atoms with Crippen LogP contribution in [0.25, 0.3) is 0 Å². The van der Waals surface area contributed by atoms with Crippen LogP contribution in [0.5, 0.6) is 40.2 Å². The second-order valence-corrected chi connectivity index (χ2v) is 4.60. The highest BCUT2D eigenvalue weighted by Crippen LogP contribution is 2.51. The maximum atomic E-state index is 12.2. The first kappa shape index (κ1) is 16.0. The Bertz CT molecular complexity index is 768. The van der Waals surface area contributed by atoms with E-state index < -0.39 is 63.3 Å². The van der Waals surface area contributed by atoms with E-state index in [1.165, 1.54) is 6.07 Å². The van der Waals surface area contributed by atoms with Crippen LogP contribution in [0.15, 0.2) is 18.2 Å². The topological polar surface area (TPSA) is 179 Å². The highest BCUT2D eigenvalue weighted by molar-refractivity contribution is 6.06. The maximum Gasteiger partial charge on any atom is 0.208 e. The van der Waals surface area contributed by atoms with Gasteiger partial charge in [0, 0.05) is 5.56 Å². The van der Waals surface area contributed by atoms with Crippen molar-refractivity contribution in [3.8, 4) is 40.2 Å². The van der Waals surface area contributed by atoms with Gasteiger partial charge in [-0.2, -0.15) is 0 Å². The summed E-state index contributed by atoms with van der Waals surface area (Å²) in [6.45, 7) is 0. The van der Waals surface area contributed by atoms with Gasteiger partial charge in [-0.1, -0.05) is 12.1 Å². The summed E-state index contributed by atoms with van der Waals surface area (Å²) in [6, 6.07) is 3.39. The lowest BCUT2D eigenvalue weighted by Gasteiger charge is -2.16. The van der Waals surface area contributed by atoms with Gasteiger partial charge in [-0.05, 0) is 6.07 Å². The van der Waals surface area contributed by atoms with Crippen LogP contribution in [0.4, 0.5) is 0 Å². The number of phenols is 7. The second kappa shape index (κ2) is 5.46. The van der Waals surface area contributed by atoms with Crippen LogP contribution >= 0.6 is 0 Å². The molecule has 1 unspecified atom stereocenters. The Morgan fingerprint density at radius 3 is 1.74 bits per heavy atom. The number of aromatic hydroxyl groups is 7. The molecule has 8 N–H and O–H groups in total. The van der Waals surface area contributed by atoms with Gasteiger partial charge in [0.15, 0.2) is 23.0 Å². The number of hydrogen-bond donors (Lipinski definition) is 8. The number of aliphatic hydroxyl groups excluding tert-OH is 1. The van der Waals surface area contributed by atoms with Crippen molar-refractivity contribution in [3.63, 3.8) is 0 Å². The molecule has 0 amide bonds. The third kappa shape index (κ3) is 2.38. The van der Waals surface area contributed by atoms with Gasteiger partial charge in [-0.3, -0.25) is 4.79 Å². The van der Waals surface area contributed by atoms with Crippen LogP contribution in [0.3, 0.4) is 0 Å². The Hall–Kier alpha value is -3.33. The number of benzene rings is 2. The fraction of sp³-hybridized carbons (Fsp3) is 0.0714. The first-order valence-corrected chi connectivity index (χ1v) is 6.10. The molecular weight excluding hydrogens is 312 g/mol. The zero-order chi connectivity index (χ0) is 17.5. The minimum absolute atomic E-state index is 0.444. The number of para-hydroxylation sites is 1. The lowest BCUT2D eigenvalue weighted by molar-refractivity contribution is 0.0734. The second-order valence-electron chi connectivity index (χ2n) is 4.60. The quantitative estimate of drug-likeness (QED) is 0.227. The van der Waals surface area contributed by atoms with E-state index in [0.717, 1.165) is 12.1 Å². The summed E-state index contributed by atoms with van der Waals surface area (Å²) >= 11 is 0. The Labute approximate surface area is 128 Å². The van der Waals surface area contributed by atoms with E-state index in [1.807, 2.05) is 0 Å². The van der Waals surface area contributed by atoms with E-state index in [4.69, 9.17) is 0 Å². The Balaban J connectivity index is 2.60. The van der Waals surface area contributed by atoms with Crippen LogP contribution < -0.4 is 0 Å². The van der Waals surface area contributed by atoms with Gasteiger partial charge in [-0.15, -0.1) is 0 Å². The summed E-state index contributed by atoms with van der Waals surface area (Å²) in [5.41, 5.74) is -1.52. The molecule has 0 spiro atoms. The Kier molecular flexibility index (Phi) is 3.81. The van der Waals surface area contributed by atoms with Crippen molar-refractivity contribution in [2.75, 3.05) is 0 Å². The Morgan fingerprint density at radius 2 is 1.22 bits per heavy atom. The summed E-state index contributed by atoms with van der Waals surface area (Å²) in [6.07, 6.45) is -2.15. The molecule has 0 aliphatic rings. The predicted molar refractivity (Wildman–Crippen MR) is 73.8 cm³/mol. The van der Waals surface area contributed by atoms with Gasteiger partial charge >= 0.3 is 0 Å². The first-order chi connectivity index (χ1) is 10.7. The van der Waals surface area contributed by atoms with Gasteiger partial charge in [0.25, 0.3) is 0 Å². The molecular formula is C14H12O9. The molecule has 0 saturated heterocycles. The summed E-state index contributed by atoms with van der Waals surface area (Å²) in [7, 11) is 0. The molecule has 0 fully saturated rings. The van der Waals surface area contributed by atoms with E-state index in [2.05, 4.69) is 0 Å². The number of aliphatic hydroxyl groups is 1. The number of phenolic OH excluding ortho intramolecular Hbond substituents is 7. The normalized spacial score (nSPS) is 12.0. The van der Waals surface area contributed by atoms with Gasteiger partial charge in [-0.25, -0.2) is 0 Å². The number of ketones is 1. The van der Waals surface area contributed by atoms with E-state index in [1.54, 1.807) is 0 Å². The molecule has 0 bridgehead atoms. The van der Waals surface area contributed by atoms with Gasteiger partial charge in [0.1, 0.15) is 11.7 Å². The highest BCUT2D eigenvalue weighted by atomic mass is 16.4. The van der Waals surface area contributed by atoms with Crippen molar-refractivity contribution in [2.24, 2.45) is 0 Å². The average molecular weight is 324 g/mol. The first-order valence-electron chi connectivity index (χ1n) is 6.10. The largest absolute Gasteiger partial charge is 0.504 e. The van der Waals surface area contributed by atoms with Crippen molar-refractivity contribution in [1.82, 2.24) is 0 Å². The predicted octanol–water partition coefficient (Wildman–Crippen LogP) is 0.542. The number of Topliss-reactive ketones (excluding diaryl/α,β-unsaturated/α-hetero) is 1. The van der Waals surface area contributed by atoms with Crippen molar-refractivity contribution in [2.45, 2.75) is 6.10 Å². The van der Waals surface area contributed by atoms with E-state index in [9.17, 15) is 45.6 Å². The molecule has 9 heteroatoms. The monoisotopic (exact) mass is 324 g/mol. The van der Waals surface area contributed by atoms with Gasteiger partial charge in [0.2, 0.25) is 23.0 Å². The van der Waals surface area contributed by atoms with Crippen molar-refractivity contribution in [3.05, 3.63) is 29.3 Å². The molecule has 0 radical (unpaired) electrons. The van der Waals surface area contributed by atoms with Crippen molar-refractivity contribution >= 4 is 5.78 Å². The summed E-state index contributed by atoms with van der Waals surface area (Å²) in [4.78, 5) is 12.2. The third-order valence-electron chi connectivity index (χ3n) is 3.21. The zero-order valence-electron chi connectivity index (χ0n) is 11.3. The minimum Gasteiger partial charge on any atom is -0.504 e. The van der Waals surface area contributed by atoms with Crippen molar-refractivity contribution in [1.29, 1.82) is 0 Å². The fourth-order valence-electron chi connectivity index (χ4n) is 1.97. The smallest absolute Gasteiger partial charge is 0.208 e. The molecule has 122 valence electrons. The number of carbonyl (C=O) groups is 1. The van der Waals surface area contributed by atoms with E-state index in [0.29, 0.717) is 0 Å². The van der Waals surface area contributed by atoms with Gasteiger partial charge in [0.05, 0.1) is 0 Å². The highest BCUT2D eigenvalue weighted by Gasteiger charge is 2.33. The molecule has 0 aliphatic carbocycles. The summed E-state index contributed by atoms with van der Waals surface area (Å²) < 4.78 is 0. The SMILES string of the molecule is O=C(c1c(O)c(O)c(O)c(O)c1O)C(O)c1cccc(O)c1O. The minimum atomic E-state index is -2.15. The number of rotatable bonds is 3. The lowest BCUT2D eigenvalue weighted by Crippen LogP contribution is -2.13. The molecule has 2 aromatic carbocycles. The third-order valence-corrected chi connectivity index (χ3v) is 3.21. The molecule has 9 nitrogen and oxygen atoms in total. The lowest BCUT2D eigenvalue weighted by atomic mass is 9.96. The van der Waals surface area contributed by atoms with Crippen LogP contribution in [0, 0.1) is 0 Å². The fourth-order valence-corrected chi connectivity index (χ4v) is 1.97. The van der Waals surface area contributed by atoms with Crippen LogP contribution in [-0.4, -0.2) is 46.6 Å². The molecule has 2 rings (SSSR count). The average Bonchev–Trinajstić information content (AvgIpc) is 2.53. The van der Waals surface area contributed by atoms with Crippen LogP contribution in [0.2, 0.25) is 0 Å². The number of hydrogen-bond acceptors (Lipinski definition) is 9. The van der Waals surface area contributed by atoms with Crippen LogP contribution in [0.1, 0.15) is 22.0 Å². The maximum absolute atomic E-state index is 12.2. The zero-order valence-corrected chi connectivity index (χ0v) is 11.3. The van der Waals surface area contributed by atoms with E-state index >= 15 is 0 Å². The van der Waals surface area contributed by atoms with Crippen LogP contribution in [-0.2, 0) is 0 Å². The molecule has 0 aliphatic heterocycles. The van der Waals surface area contributed by atoms with E-state index in [-0.39, 0.29) is 0 Å². The molecule has 0 saturated carbocycles. The van der Waals surface area contributed by atoms with Gasteiger partial charge < -0.3 is 40.9 Å². The summed E-state index contributed by atoms with van der Waals surface area (Å²) in [5.74, 6) is -9.22. The molecule has 0 heterocycles. The molecule has 2 aromatic rings. The number of carbonyl (C=O) groups excluding carboxylic acids is 1. The molecule has 0 aromatic heterocycles. The standard InChI is InChI=1S/C14H12O9/c15-5-3-1-2-4(7(5)16)8(17)9(18)6-10(19)12(21)14(23)13(22)11(6)20/h1-3,8,15-17,19-23H. The summed E-state index contributed by atoms with van der Waals surface area (Å²) in [5, 5.41) is 76.3. The molecule has 1 atom stereocenters.